The van der Waals surface area contributed by atoms with Crippen LogP contribution in [-0.4, -0.2) is 17.0 Å². The molecular formula is C13H16N4. The van der Waals surface area contributed by atoms with E-state index in [1.165, 1.54) is 5.56 Å². The van der Waals surface area contributed by atoms with Crippen molar-refractivity contribution in [1.82, 2.24) is 15.3 Å². The Kier molecular flexibility index (Phi) is 4.05. The Balaban J connectivity index is 1.82. The van der Waals surface area contributed by atoms with Crippen LogP contribution in [0.1, 0.15) is 11.1 Å². The Morgan fingerprint density at radius 1 is 0.941 bits per heavy atom. The fraction of sp³-hybridized carbons (Fsp3) is 0.231. The Morgan fingerprint density at radius 3 is 2.24 bits per heavy atom. The molecule has 88 valence electrons. The minimum Gasteiger partial charge on any atom is -0.357 e. The monoisotopic (exact) mass is 228 g/mol. The van der Waals surface area contributed by atoms with Crippen molar-refractivity contribution in [2.24, 2.45) is 0 Å². The summed E-state index contributed by atoms with van der Waals surface area (Å²) >= 11 is 0. The van der Waals surface area contributed by atoms with Crippen LogP contribution in [0.3, 0.4) is 0 Å². The molecule has 1 aromatic carbocycles. The van der Waals surface area contributed by atoms with Gasteiger partial charge in [-0.3, -0.25) is 0 Å². The zero-order chi connectivity index (χ0) is 11.9. The first-order valence-corrected chi connectivity index (χ1v) is 5.62. The van der Waals surface area contributed by atoms with Crippen LogP contribution in [0.5, 0.6) is 0 Å². The molecule has 0 aliphatic carbocycles. The maximum Gasteiger partial charge on any atom is 0.222 e. The lowest BCUT2D eigenvalue weighted by Crippen LogP contribution is -2.13. The van der Waals surface area contributed by atoms with Gasteiger partial charge in [-0.25, -0.2) is 9.97 Å². The maximum absolute atomic E-state index is 4.16. The highest BCUT2D eigenvalue weighted by Crippen LogP contribution is 2.01. The lowest BCUT2D eigenvalue weighted by atomic mass is 10.2. The molecule has 1 heterocycles. The number of benzene rings is 1. The third-order valence-electron chi connectivity index (χ3n) is 2.43. The molecule has 4 nitrogen and oxygen atoms in total. The summed E-state index contributed by atoms with van der Waals surface area (Å²) in [6, 6.07) is 10.3. The van der Waals surface area contributed by atoms with Gasteiger partial charge in [0.15, 0.2) is 0 Å². The predicted octanol–water partition coefficient (Wildman–Crippen LogP) is 1.81. The van der Waals surface area contributed by atoms with E-state index >= 15 is 0 Å². The Bertz CT molecular complexity index is 439. The molecule has 0 saturated carbocycles. The van der Waals surface area contributed by atoms with Crippen LogP contribution in [0.25, 0.3) is 0 Å². The molecule has 0 amide bonds. The first-order valence-electron chi connectivity index (χ1n) is 5.62. The van der Waals surface area contributed by atoms with Gasteiger partial charge < -0.3 is 10.6 Å². The van der Waals surface area contributed by atoms with E-state index in [0.717, 1.165) is 18.7 Å². The van der Waals surface area contributed by atoms with Crippen molar-refractivity contribution in [1.29, 1.82) is 0 Å². The van der Waals surface area contributed by atoms with E-state index in [1.807, 2.05) is 37.6 Å². The third kappa shape index (κ3) is 3.53. The standard InChI is InChI=1S/C13H16N4/c1-14-13-16-9-12(10-17-13)8-15-7-11-5-3-2-4-6-11/h2-6,9-10,15H,7-8H2,1H3,(H,14,16,17). The van der Waals surface area contributed by atoms with Crippen molar-refractivity contribution in [3.05, 3.63) is 53.9 Å². The van der Waals surface area contributed by atoms with Crippen LogP contribution in [0.15, 0.2) is 42.7 Å². The van der Waals surface area contributed by atoms with E-state index in [4.69, 9.17) is 0 Å². The third-order valence-corrected chi connectivity index (χ3v) is 2.43. The van der Waals surface area contributed by atoms with Gasteiger partial charge in [0, 0.05) is 38.1 Å². The quantitative estimate of drug-likeness (QED) is 0.819. The number of hydrogen-bond donors (Lipinski definition) is 2. The molecule has 2 rings (SSSR count). The minimum absolute atomic E-state index is 0.650. The summed E-state index contributed by atoms with van der Waals surface area (Å²) in [5, 5.41) is 6.25. The summed E-state index contributed by atoms with van der Waals surface area (Å²) in [6.07, 6.45) is 3.66. The second-order valence-electron chi connectivity index (χ2n) is 3.75. The van der Waals surface area contributed by atoms with Crippen LogP contribution in [0, 0.1) is 0 Å². The van der Waals surface area contributed by atoms with Crippen LogP contribution in [-0.2, 0) is 13.1 Å². The average molecular weight is 228 g/mol. The highest BCUT2D eigenvalue weighted by Gasteiger charge is 1.96. The van der Waals surface area contributed by atoms with Gasteiger partial charge in [0.25, 0.3) is 0 Å². The van der Waals surface area contributed by atoms with Crippen LogP contribution >= 0.6 is 0 Å². The number of rotatable bonds is 5. The second-order valence-corrected chi connectivity index (χ2v) is 3.75. The summed E-state index contributed by atoms with van der Waals surface area (Å²) in [5.74, 6) is 0.650. The van der Waals surface area contributed by atoms with Gasteiger partial charge >= 0.3 is 0 Å². The van der Waals surface area contributed by atoms with E-state index in [9.17, 15) is 0 Å². The van der Waals surface area contributed by atoms with Gasteiger partial charge in [0.05, 0.1) is 0 Å². The van der Waals surface area contributed by atoms with Gasteiger partial charge in [-0.05, 0) is 5.56 Å². The van der Waals surface area contributed by atoms with Crippen LogP contribution in [0.2, 0.25) is 0 Å². The van der Waals surface area contributed by atoms with E-state index in [1.54, 1.807) is 0 Å². The first-order chi connectivity index (χ1) is 8.38. The van der Waals surface area contributed by atoms with Crippen molar-refractivity contribution in [2.75, 3.05) is 12.4 Å². The lowest BCUT2D eigenvalue weighted by Gasteiger charge is -2.05. The molecule has 0 fully saturated rings. The number of hydrogen-bond acceptors (Lipinski definition) is 4. The molecule has 0 atom stereocenters. The molecule has 0 aliphatic rings. The minimum atomic E-state index is 0.650. The van der Waals surface area contributed by atoms with Gasteiger partial charge in [-0.2, -0.15) is 0 Å². The molecule has 1 aromatic heterocycles. The molecule has 2 N–H and O–H groups in total. The topological polar surface area (TPSA) is 49.8 Å². The second kappa shape index (κ2) is 5.96. The normalized spacial score (nSPS) is 10.2. The van der Waals surface area contributed by atoms with Gasteiger partial charge in [0.1, 0.15) is 0 Å². The molecule has 2 aromatic rings. The van der Waals surface area contributed by atoms with Gasteiger partial charge in [0.2, 0.25) is 5.95 Å². The number of anilines is 1. The van der Waals surface area contributed by atoms with Crippen molar-refractivity contribution in [3.8, 4) is 0 Å². The highest BCUT2D eigenvalue weighted by molar-refractivity contribution is 5.23. The summed E-state index contributed by atoms with van der Waals surface area (Å²) in [7, 11) is 1.81. The predicted molar refractivity (Wildman–Crippen MR) is 68.6 cm³/mol. The summed E-state index contributed by atoms with van der Waals surface area (Å²) in [4.78, 5) is 8.32. The lowest BCUT2D eigenvalue weighted by molar-refractivity contribution is 0.689. The fourth-order valence-corrected chi connectivity index (χ4v) is 1.52. The average Bonchev–Trinajstić information content (AvgIpc) is 2.41. The number of aromatic nitrogens is 2. The van der Waals surface area contributed by atoms with Crippen molar-refractivity contribution in [2.45, 2.75) is 13.1 Å². The highest BCUT2D eigenvalue weighted by atomic mass is 15.1. The number of nitrogens with zero attached hydrogens (tertiary/aromatic N) is 2. The molecular weight excluding hydrogens is 212 g/mol. The summed E-state index contributed by atoms with van der Waals surface area (Å²) in [6.45, 7) is 1.63. The van der Waals surface area contributed by atoms with E-state index < -0.39 is 0 Å². The van der Waals surface area contributed by atoms with Gasteiger partial charge in [-0.1, -0.05) is 30.3 Å². The molecule has 0 aliphatic heterocycles. The number of nitrogens with one attached hydrogen (secondary N) is 2. The zero-order valence-electron chi connectivity index (χ0n) is 9.85. The largest absolute Gasteiger partial charge is 0.357 e. The molecule has 17 heavy (non-hydrogen) atoms. The van der Waals surface area contributed by atoms with Gasteiger partial charge in [-0.15, -0.1) is 0 Å². The van der Waals surface area contributed by atoms with E-state index in [0.29, 0.717) is 5.95 Å². The molecule has 0 bridgehead atoms. The van der Waals surface area contributed by atoms with E-state index in [2.05, 4.69) is 32.7 Å². The van der Waals surface area contributed by atoms with Crippen LogP contribution in [0.4, 0.5) is 5.95 Å². The first kappa shape index (κ1) is 11.5. The Labute approximate surface area is 101 Å². The smallest absolute Gasteiger partial charge is 0.222 e. The Hall–Kier alpha value is -1.94. The molecule has 0 unspecified atom stereocenters. The molecule has 0 saturated heterocycles. The molecule has 4 heteroatoms. The maximum atomic E-state index is 4.16. The summed E-state index contributed by atoms with van der Waals surface area (Å²) in [5.41, 5.74) is 2.36. The molecule has 0 spiro atoms. The fourth-order valence-electron chi connectivity index (χ4n) is 1.52. The van der Waals surface area contributed by atoms with Crippen molar-refractivity contribution >= 4 is 5.95 Å². The SMILES string of the molecule is CNc1ncc(CNCc2ccccc2)cn1. The molecule has 0 radical (unpaired) electrons. The van der Waals surface area contributed by atoms with E-state index in [-0.39, 0.29) is 0 Å². The van der Waals surface area contributed by atoms with Crippen molar-refractivity contribution in [3.63, 3.8) is 0 Å². The zero-order valence-corrected chi connectivity index (χ0v) is 9.85. The summed E-state index contributed by atoms with van der Waals surface area (Å²) < 4.78 is 0. The van der Waals surface area contributed by atoms with Crippen LogP contribution < -0.4 is 10.6 Å². The Morgan fingerprint density at radius 2 is 1.59 bits per heavy atom. The van der Waals surface area contributed by atoms with Crippen molar-refractivity contribution < 1.29 is 0 Å².